The van der Waals surface area contributed by atoms with Crippen LogP contribution in [0.2, 0.25) is 0 Å². The summed E-state index contributed by atoms with van der Waals surface area (Å²) in [5.41, 5.74) is 2.41. The minimum absolute atomic E-state index is 0.759. The summed E-state index contributed by atoms with van der Waals surface area (Å²) in [4.78, 5) is 3.09. The monoisotopic (exact) mass is 257 g/mol. The Bertz CT molecular complexity index is 422. The molecule has 0 aliphatic carbocycles. The Labute approximate surface area is 93.3 Å². The van der Waals surface area contributed by atoms with Gasteiger partial charge in [0.25, 0.3) is 0 Å². The molecule has 1 aliphatic heterocycles. The number of benzene rings is 1. The van der Waals surface area contributed by atoms with E-state index in [1.807, 2.05) is 12.1 Å². The molecule has 7 heteroatoms. The Morgan fingerprint density at radius 2 is 2.27 bits per heavy atom. The first-order chi connectivity index (χ1) is 7.27. The van der Waals surface area contributed by atoms with Gasteiger partial charge in [0.2, 0.25) is 0 Å². The van der Waals surface area contributed by atoms with Gasteiger partial charge in [0.1, 0.15) is 14.3 Å². The molecule has 0 fully saturated rings. The normalized spacial score (nSPS) is 21.3. The van der Waals surface area contributed by atoms with Gasteiger partial charge in [0, 0.05) is 0 Å². The van der Waals surface area contributed by atoms with Gasteiger partial charge in [-0.05, 0) is 31.0 Å². The van der Waals surface area contributed by atoms with Crippen molar-refractivity contribution in [2.75, 3.05) is 0 Å². The van der Waals surface area contributed by atoms with E-state index >= 15 is 0 Å². The van der Waals surface area contributed by atoms with Crippen molar-refractivity contribution in [1.82, 2.24) is 4.86 Å². The van der Waals surface area contributed by atoms with Crippen molar-refractivity contribution in [2.24, 2.45) is 9.03 Å². The van der Waals surface area contributed by atoms with E-state index in [0.717, 1.165) is 22.8 Å². The highest BCUT2D eigenvalue weighted by molar-refractivity contribution is 7.64. The lowest BCUT2D eigenvalue weighted by molar-refractivity contribution is 0.605. The van der Waals surface area contributed by atoms with Gasteiger partial charge >= 0.3 is 8.45 Å². The third-order valence-corrected chi connectivity index (χ3v) is 5.14. The molecule has 0 bridgehead atoms. The van der Waals surface area contributed by atoms with Gasteiger partial charge in [-0.2, -0.15) is 13.9 Å². The van der Waals surface area contributed by atoms with E-state index in [2.05, 4.69) is 33.8 Å². The molecule has 0 radical (unpaired) electrons. The first-order valence-corrected chi connectivity index (χ1v) is 7.24. The second kappa shape index (κ2) is 5.09. The van der Waals surface area contributed by atoms with E-state index in [4.69, 9.17) is 4.52 Å². The second-order valence-electron chi connectivity index (χ2n) is 3.03. The van der Waals surface area contributed by atoms with Crippen LogP contribution in [-0.2, 0) is 0 Å². The fourth-order valence-corrected chi connectivity index (χ4v) is 4.06. The van der Waals surface area contributed by atoms with Gasteiger partial charge in [-0.3, -0.25) is 0 Å². The summed E-state index contributed by atoms with van der Waals surface area (Å²) in [7, 11) is 0.692. The zero-order chi connectivity index (χ0) is 10.7. The van der Waals surface area contributed by atoms with Crippen LogP contribution in [0.1, 0.15) is 11.1 Å². The van der Waals surface area contributed by atoms with Crippen LogP contribution in [0.15, 0.2) is 27.2 Å². The number of hydrogen-bond acceptors (Lipinski definition) is 4. The number of rotatable bonds is 2. The SMILES string of the molecule is Cc1cccc(OP2N=PN=PN2)c1C. The molecule has 15 heavy (non-hydrogen) atoms. The van der Waals surface area contributed by atoms with Crippen molar-refractivity contribution >= 4 is 25.5 Å². The predicted molar refractivity (Wildman–Crippen MR) is 65.3 cm³/mol. The number of hydrogen-bond donors (Lipinski definition) is 1. The summed E-state index contributed by atoms with van der Waals surface area (Å²) in [6, 6.07) is 6.05. The molecular weight excluding hydrogens is 247 g/mol. The average molecular weight is 257 g/mol. The third kappa shape index (κ3) is 2.80. The van der Waals surface area contributed by atoms with E-state index in [1.54, 1.807) is 0 Å². The lowest BCUT2D eigenvalue weighted by Gasteiger charge is -2.15. The van der Waals surface area contributed by atoms with Gasteiger partial charge in [-0.1, -0.05) is 12.1 Å². The van der Waals surface area contributed by atoms with E-state index in [9.17, 15) is 0 Å². The minimum Gasteiger partial charge on any atom is -0.439 e. The van der Waals surface area contributed by atoms with Crippen molar-refractivity contribution in [3.8, 4) is 5.75 Å². The topological polar surface area (TPSA) is 46.0 Å². The fourth-order valence-electron chi connectivity index (χ4n) is 1.11. The van der Waals surface area contributed by atoms with Crippen LogP contribution in [-0.4, -0.2) is 0 Å². The molecule has 2 rings (SSSR count). The summed E-state index contributed by atoms with van der Waals surface area (Å²) in [6.45, 7) is 4.14. The molecule has 0 spiro atoms. The summed E-state index contributed by atoms with van der Waals surface area (Å²) in [5, 5.41) is 0. The van der Waals surface area contributed by atoms with Gasteiger partial charge < -0.3 is 4.52 Å². The largest absolute Gasteiger partial charge is 0.439 e. The first kappa shape index (κ1) is 11.1. The Kier molecular flexibility index (Phi) is 3.77. The maximum absolute atomic E-state index is 5.78. The smallest absolute Gasteiger partial charge is 0.311 e. The maximum atomic E-state index is 5.78. The molecule has 0 saturated heterocycles. The van der Waals surface area contributed by atoms with Crippen LogP contribution >= 0.6 is 25.5 Å². The van der Waals surface area contributed by atoms with E-state index in [-0.39, 0.29) is 0 Å². The Balaban J connectivity index is 2.14. The minimum atomic E-state index is -0.920. The Morgan fingerprint density at radius 3 is 3.00 bits per heavy atom. The number of nitrogens with one attached hydrogen (secondary N) is 1. The molecule has 1 unspecified atom stereocenters. The van der Waals surface area contributed by atoms with Crippen molar-refractivity contribution < 1.29 is 4.52 Å². The van der Waals surface area contributed by atoms with Gasteiger partial charge in [-0.15, -0.1) is 0 Å². The summed E-state index contributed by atoms with van der Waals surface area (Å²) < 4.78 is 14.0. The predicted octanol–water partition coefficient (Wildman–Crippen LogP) is 4.60. The van der Waals surface area contributed by atoms with Crippen LogP contribution in [0.4, 0.5) is 0 Å². The maximum Gasteiger partial charge on any atom is 0.311 e. The van der Waals surface area contributed by atoms with Crippen molar-refractivity contribution in [3.63, 3.8) is 0 Å². The number of nitrogens with zero attached hydrogens (tertiary/aromatic N) is 2. The molecule has 0 amide bonds. The molecule has 1 aromatic carbocycles. The van der Waals surface area contributed by atoms with Crippen molar-refractivity contribution in [1.29, 1.82) is 0 Å². The lowest BCUT2D eigenvalue weighted by atomic mass is 10.1. The molecule has 78 valence electrons. The van der Waals surface area contributed by atoms with Gasteiger partial charge in [0.05, 0.1) is 0 Å². The molecule has 1 heterocycles. The molecule has 1 aromatic rings. The van der Waals surface area contributed by atoms with Crippen LogP contribution in [0.5, 0.6) is 5.75 Å². The van der Waals surface area contributed by atoms with Crippen LogP contribution in [0.25, 0.3) is 0 Å². The van der Waals surface area contributed by atoms with Crippen LogP contribution in [0.3, 0.4) is 0 Å². The average Bonchev–Trinajstić information content (AvgIpc) is 2.26. The molecule has 0 saturated carbocycles. The molecule has 0 aromatic heterocycles. The molecule has 1 N–H and O–H groups in total. The fraction of sp³-hybridized carbons (Fsp3) is 0.250. The van der Waals surface area contributed by atoms with Crippen LogP contribution in [0, 0.1) is 13.8 Å². The third-order valence-electron chi connectivity index (χ3n) is 2.08. The molecular formula is C8H10N3OP3. The van der Waals surface area contributed by atoms with E-state index < -0.39 is 8.45 Å². The first-order valence-electron chi connectivity index (χ1n) is 4.38. The number of aryl methyl sites for hydroxylation is 1. The van der Waals surface area contributed by atoms with Gasteiger partial charge in [0.15, 0.2) is 8.52 Å². The van der Waals surface area contributed by atoms with Crippen molar-refractivity contribution in [2.45, 2.75) is 13.8 Å². The highest BCUT2D eigenvalue weighted by Crippen LogP contribution is 2.45. The lowest BCUT2D eigenvalue weighted by Crippen LogP contribution is -1.98. The highest BCUT2D eigenvalue weighted by atomic mass is 31.2. The summed E-state index contributed by atoms with van der Waals surface area (Å²) in [6.07, 6.45) is 0. The van der Waals surface area contributed by atoms with Gasteiger partial charge in [-0.25, -0.2) is 0 Å². The summed E-state index contributed by atoms with van der Waals surface area (Å²) in [5.74, 6) is 0.907. The molecule has 1 aliphatic rings. The standard InChI is InChI=1S/C8H10N3OP3/c1-6-4-3-5-8(7(6)2)12-15-10-13-9-14-11-15/h3-5H,1-2H3,(H,9,10,11). The molecule has 4 nitrogen and oxygen atoms in total. The highest BCUT2D eigenvalue weighted by Gasteiger charge is 2.12. The van der Waals surface area contributed by atoms with E-state index in [0.29, 0.717) is 0 Å². The Morgan fingerprint density at radius 1 is 1.40 bits per heavy atom. The van der Waals surface area contributed by atoms with Crippen molar-refractivity contribution in [3.05, 3.63) is 29.3 Å². The van der Waals surface area contributed by atoms with Crippen LogP contribution < -0.4 is 9.38 Å². The van der Waals surface area contributed by atoms with E-state index in [1.165, 1.54) is 11.1 Å². The Hall–Kier alpha value is -0.390. The zero-order valence-electron chi connectivity index (χ0n) is 8.38. The zero-order valence-corrected chi connectivity index (χ0v) is 11.1. The second-order valence-corrected chi connectivity index (χ2v) is 6.37. The molecule has 1 atom stereocenters. The summed E-state index contributed by atoms with van der Waals surface area (Å²) >= 11 is 0. The quantitative estimate of drug-likeness (QED) is 0.786.